The van der Waals surface area contributed by atoms with E-state index in [9.17, 15) is 10.1 Å². The van der Waals surface area contributed by atoms with Gasteiger partial charge in [0.25, 0.3) is 5.69 Å². The van der Waals surface area contributed by atoms with Crippen LogP contribution < -0.4 is 4.74 Å². The van der Waals surface area contributed by atoms with Gasteiger partial charge in [-0.25, -0.2) is 4.98 Å². The monoisotopic (exact) mass is 294 g/mol. The van der Waals surface area contributed by atoms with Crippen molar-refractivity contribution in [3.63, 3.8) is 0 Å². The lowest BCUT2D eigenvalue weighted by molar-refractivity contribution is -0.384. The molecule has 22 heavy (non-hydrogen) atoms. The summed E-state index contributed by atoms with van der Waals surface area (Å²) in [7, 11) is 0. The van der Waals surface area contributed by atoms with Crippen molar-refractivity contribution in [3.8, 4) is 17.0 Å². The normalized spacial score (nSPS) is 10.6. The van der Waals surface area contributed by atoms with Crippen LogP contribution in [-0.4, -0.2) is 16.5 Å². The number of non-ortho nitro benzene ring substituents is 1. The van der Waals surface area contributed by atoms with E-state index in [-0.39, 0.29) is 5.69 Å². The first kappa shape index (κ1) is 14.0. The Hall–Kier alpha value is -2.95. The number of rotatable bonds is 4. The van der Waals surface area contributed by atoms with Crippen molar-refractivity contribution >= 4 is 16.6 Å². The lowest BCUT2D eigenvalue weighted by atomic mass is 10.0. The van der Waals surface area contributed by atoms with E-state index in [1.807, 2.05) is 43.3 Å². The van der Waals surface area contributed by atoms with Gasteiger partial charge >= 0.3 is 0 Å². The van der Waals surface area contributed by atoms with Gasteiger partial charge in [0, 0.05) is 23.6 Å². The van der Waals surface area contributed by atoms with Crippen LogP contribution in [0.15, 0.2) is 54.6 Å². The summed E-state index contributed by atoms with van der Waals surface area (Å²) in [5.74, 6) is 0.516. The van der Waals surface area contributed by atoms with Crippen LogP contribution in [-0.2, 0) is 0 Å². The minimum absolute atomic E-state index is 0.0515. The van der Waals surface area contributed by atoms with Crippen LogP contribution in [0.5, 0.6) is 5.88 Å². The SMILES string of the molecule is CCOc1cc(-c2ccccc2)c2cc([N+](=O)[O-])ccc2n1. The van der Waals surface area contributed by atoms with Crippen molar-refractivity contribution in [3.05, 3.63) is 64.7 Å². The largest absolute Gasteiger partial charge is 0.478 e. The second-order valence-corrected chi connectivity index (χ2v) is 4.77. The molecule has 5 nitrogen and oxygen atoms in total. The fraction of sp³-hybridized carbons (Fsp3) is 0.118. The summed E-state index contributed by atoms with van der Waals surface area (Å²) in [5, 5.41) is 11.8. The number of hydrogen-bond acceptors (Lipinski definition) is 4. The van der Waals surface area contributed by atoms with Gasteiger partial charge in [0.05, 0.1) is 17.0 Å². The molecule has 0 aliphatic rings. The number of benzene rings is 2. The molecule has 0 unspecified atom stereocenters. The fourth-order valence-electron chi connectivity index (χ4n) is 2.38. The highest BCUT2D eigenvalue weighted by atomic mass is 16.6. The van der Waals surface area contributed by atoms with Gasteiger partial charge < -0.3 is 4.74 Å². The van der Waals surface area contributed by atoms with E-state index in [0.29, 0.717) is 18.0 Å². The van der Waals surface area contributed by atoms with Crippen LogP contribution in [0.1, 0.15) is 6.92 Å². The fourth-order valence-corrected chi connectivity index (χ4v) is 2.38. The summed E-state index contributed by atoms with van der Waals surface area (Å²) in [4.78, 5) is 15.0. The van der Waals surface area contributed by atoms with Crippen LogP contribution in [0.25, 0.3) is 22.0 Å². The Morgan fingerprint density at radius 3 is 2.59 bits per heavy atom. The van der Waals surface area contributed by atoms with Gasteiger partial charge in [-0.2, -0.15) is 0 Å². The zero-order chi connectivity index (χ0) is 15.5. The van der Waals surface area contributed by atoms with E-state index in [0.717, 1.165) is 16.5 Å². The van der Waals surface area contributed by atoms with Gasteiger partial charge in [-0.1, -0.05) is 30.3 Å². The number of pyridine rings is 1. The quantitative estimate of drug-likeness (QED) is 0.534. The van der Waals surface area contributed by atoms with E-state index >= 15 is 0 Å². The highest BCUT2D eigenvalue weighted by Gasteiger charge is 2.13. The third kappa shape index (κ3) is 2.61. The molecule has 0 aliphatic carbocycles. The number of hydrogen-bond donors (Lipinski definition) is 0. The van der Waals surface area contributed by atoms with Crippen LogP contribution in [0.2, 0.25) is 0 Å². The van der Waals surface area contributed by atoms with Gasteiger partial charge in [0.15, 0.2) is 0 Å². The summed E-state index contributed by atoms with van der Waals surface area (Å²) in [6.07, 6.45) is 0. The lowest BCUT2D eigenvalue weighted by Gasteiger charge is -2.10. The van der Waals surface area contributed by atoms with Gasteiger partial charge in [0.2, 0.25) is 5.88 Å². The molecule has 0 atom stereocenters. The van der Waals surface area contributed by atoms with Crippen LogP contribution >= 0.6 is 0 Å². The average molecular weight is 294 g/mol. The van der Waals surface area contributed by atoms with Crippen LogP contribution in [0, 0.1) is 10.1 Å². The van der Waals surface area contributed by atoms with Gasteiger partial charge in [-0.05, 0) is 24.1 Å². The highest BCUT2D eigenvalue weighted by Crippen LogP contribution is 2.33. The molecule has 0 bridgehead atoms. The number of nitro groups is 1. The van der Waals surface area contributed by atoms with Crippen molar-refractivity contribution in [2.45, 2.75) is 6.92 Å². The molecule has 0 amide bonds. The van der Waals surface area contributed by atoms with Crippen molar-refractivity contribution in [2.75, 3.05) is 6.61 Å². The summed E-state index contributed by atoms with van der Waals surface area (Å²) in [5.41, 5.74) is 2.57. The molecule has 1 aromatic heterocycles. The van der Waals surface area contributed by atoms with Crippen molar-refractivity contribution in [2.24, 2.45) is 0 Å². The number of nitro benzene ring substituents is 1. The van der Waals surface area contributed by atoms with Gasteiger partial charge in [-0.3, -0.25) is 10.1 Å². The lowest BCUT2D eigenvalue weighted by Crippen LogP contribution is -1.96. The van der Waals surface area contributed by atoms with E-state index in [1.165, 1.54) is 6.07 Å². The summed E-state index contributed by atoms with van der Waals surface area (Å²) in [6, 6.07) is 16.2. The molecule has 0 spiro atoms. The predicted molar refractivity (Wildman–Crippen MR) is 85.0 cm³/mol. The van der Waals surface area contributed by atoms with E-state index in [4.69, 9.17) is 4.74 Å². The van der Waals surface area contributed by atoms with E-state index < -0.39 is 4.92 Å². The molecule has 0 fully saturated rings. The molecule has 0 N–H and O–H groups in total. The Morgan fingerprint density at radius 2 is 1.91 bits per heavy atom. The molecular formula is C17H14N2O3. The molecular weight excluding hydrogens is 280 g/mol. The second kappa shape index (κ2) is 5.81. The number of ether oxygens (including phenoxy) is 1. The zero-order valence-corrected chi connectivity index (χ0v) is 12.0. The Labute approximate surface area is 127 Å². The zero-order valence-electron chi connectivity index (χ0n) is 12.0. The van der Waals surface area contributed by atoms with Crippen LogP contribution in [0.3, 0.4) is 0 Å². The molecule has 3 rings (SSSR count). The molecule has 2 aromatic carbocycles. The Balaban J connectivity index is 2.29. The number of fused-ring (bicyclic) bond motifs is 1. The summed E-state index contributed by atoms with van der Waals surface area (Å²) >= 11 is 0. The summed E-state index contributed by atoms with van der Waals surface area (Å²) in [6.45, 7) is 2.41. The smallest absolute Gasteiger partial charge is 0.270 e. The standard InChI is InChI=1S/C17H14N2O3/c1-2-22-17-11-14(12-6-4-3-5-7-12)15-10-13(19(20)21)8-9-16(15)18-17/h3-11H,2H2,1H3. The van der Waals surface area contributed by atoms with Gasteiger partial charge in [0.1, 0.15) is 0 Å². The topological polar surface area (TPSA) is 65.3 Å². The molecule has 5 heteroatoms. The molecule has 0 radical (unpaired) electrons. The number of aromatic nitrogens is 1. The number of nitrogens with zero attached hydrogens (tertiary/aromatic N) is 2. The van der Waals surface area contributed by atoms with Crippen molar-refractivity contribution in [1.29, 1.82) is 0 Å². The maximum absolute atomic E-state index is 11.0. The maximum Gasteiger partial charge on any atom is 0.270 e. The first-order valence-corrected chi connectivity index (χ1v) is 6.96. The minimum atomic E-state index is -0.398. The second-order valence-electron chi connectivity index (χ2n) is 4.77. The average Bonchev–Trinajstić information content (AvgIpc) is 2.54. The molecule has 3 aromatic rings. The first-order valence-electron chi connectivity index (χ1n) is 6.96. The molecule has 0 aliphatic heterocycles. The molecule has 1 heterocycles. The van der Waals surface area contributed by atoms with Crippen molar-refractivity contribution in [1.82, 2.24) is 4.98 Å². The highest BCUT2D eigenvalue weighted by molar-refractivity contribution is 5.96. The molecule has 0 saturated heterocycles. The predicted octanol–water partition coefficient (Wildman–Crippen LogP) is 4.21. The Morgan fingerprint density at radius 1 is 1.14 bits per heavy atom. The minimum Gasteiger partial charge on any atom is -0.478 e. The van der Waals surface area contributed by atoms with E-state index in [2.05, 4.69) is 4.98 Å². The van der Waals surface area contributed by atoms with Crippen LogP contribution in [0.4, 0.5) is 5.69 Å². The van der Waals surface area contributed by atoms with Crippen molar-refractivity contribution < 1.29 is 9.66 Å². The summed E-state index contributed by atoms with van der Waals surface area (Å²) < 4.78 is 5.51. The first-order chi connectivity index (χ1) is 10.7. The third-order valence-corrected chi connectivity index (χ3v) is 3.36. The molecule has 110 valence electrons. The van der Waals surface area contributed by atoms with E-state index in [1.54, 1.807) is 12.1 Å². The maximum atomic E-state index is 11.0. The van der Waals surface area contributed by atoms with Gasteiger partial charge in [-0.15, -0.1) is 0 Å². The Bertz CT molecular complexity index is 832. The third-order valence-electron chi connectivity index (χ3n) is 3.36. The molecule has 0 saturated carbocycles. The Kier molecular flexibility index (Phi) is 3.70.